The van der Waals surface area contributed by atoms with E-state index in [1.165, 1.54) is 16.3 Å². The average molecular weight is 286 g/mol. The Kier molecular flexibility index (Phi) is 5.53. The minimum Gasteiger partial charge on any atom is -0.359 e. The Labute approximate surface area is 127 Å². The Morgan fingerprint density at radius 1 is 1.05 bits per heavy atom. The predicted octanol–water partition coefficient (Wildman–Crippen LogP) is 2.34. The number of nitrogens with zero attached hydrogens (tertiary/aromatic N) is 3. The van der Waals surface area contributed by atoms with Crippen molar-refractivity contribution in [3.05, 3.63) is 36.0 Å². The Hall–Kier alpha value is -1.65. The highest BCUT2D eigenvalue weighted by atomic mass is 15.2. The molecule has 0 aliphatic rings. The number of rotatable bonds is 7. The smallest absolute Gasteiger partial charge is 0.136 e. The van der Waals surface area contributed by atoms with Crippen molar-refractivity contribution < 1.29 is 0 Å². The summed E-state index contributed by atoms with van der Waals surface area (Å²) in [6.07, 6.45) is 3.13. The van der Waals surface area contributed by atoms with E-state index in [0.29, 0.717) is 0 Å². The van der Waals surface area contributed by atoms with Gasteiger partial charge >= 0.3 is 0 Å². The average Bonchev–Trinajstić information content (AvgIpc) is 2.47. The second-order valence-electron chi connectivity index (χ2n) is 5.76. The maximum Gasteiger partial charge on any atom is 0.136 e. The Morgan fingerprint density at radius 2 is 1.76 bits per heavy atom. The molecule has 0 unspecified atom stereocenters. The summed E-state index contributed by atoms with van der Waals surface area (Å²) in [5.41, 5.74) is 1.25. The summed E-state index contributed by atoms with van der Waals surface area (Å²) in [6.45, 7) is 2.96. The van der Waals surface area contributed by atoms with E-state index in [1.807, 2.05) is 13.2 Å². The number of pyridine rings is 1. The van der Waals surface area contributed by atoms with Crippen molar-refractivity contribution in [3.8, 4) is 0 Å². The summed E-state index contributed by atoms with van der Waals surface area (Å²) in [6, 6.07) is 8.53. The van der Waals surface area contributed by atoms with Gasteiger partial charge in [0.25, 0.3) is 0 Å². The molecule has 1 heterocycles. The predicted molar refractivity (Wildman–Crippen MR) is 90.9 cm³/mol. The van der Waals surface area contributed by atoms with E-state index in [1.54, 1.807) is 0 Å². The molecular weight excluding hydrogens is 260 g/mol. The van der Waals surface area contributed by atoms with Gasteiger partial charge in [0.2, 0.25) is 0 Å². The van der Waals surface area contributed by atoms with Crippen LogP contribution in [0.5, 0.6) is 0 Å². The molecule has 21 heavy (non-hydrogen) atoms. The van der Waals surface area contributed by atoms with E-state index >= 15 is 0 Å². The van der Waals surface area contributed by atoms with Crippen LogP contribution in [0.4, 0.5) is 5.82 Å². The summed E-state index contributed by atoms with van der Waals surface area (Å²) in [5, 5.41) is 5.73. The molecule has 0 radical (unpaired) electrons. The largest absolute Gasteiger partial charge is 0.359 e. The van der Waals surface area contributed by atoms with Crippen LogP contribution in [0.15, 0.2) is 30.5 Å². The van der Waals surface area contributed by atoms with Gasteiger partial charge in [-0.25, -0.2) is 4.98 Å². The van der Waals surface area contributed by atoms with Gasteiger partial charge in [-0.05, 0) is 45.1 Å². The summed E-state index contributed by atoms with van der Waals surface area (Å²) in [7, 11) is 8.32. The molecule has 0 saturated heterocycles. The highest BCUT2D eigenvalue weighted by molar-refractivity contribution is 5.94. The van der Waals surface area contributed by atoms with Crippen molar-refractivity contribution >= 4 is 16.6 Å². The van der Waals surface area contributed by atoms with Crippen LogP contribution in [0.25, 0.3) is 10.8 Å². The standard InChI is InChI=1S/C17H26N4/c1-18-12-14-13-19-17(16-9-6-5-8-15(14)16)21(4)11-7-10-20(2)3/h5-6,8-9,13,18H,7,10-12H2,1-4H3. The van der Waals surface area contributed by atoms with Crippen LogP contribution in [-0.2, 0) is 6.54 Å². The van der Waals surface area contributed by atoms with Crippen LogP contribution < -0.4 is 10.2 Å². The Bertz CT molecular complexity index is 580. The quantitative estimate of drug-likeness (QED) is 0.846. The van der Waals surface area contributed by atoms with Crippen molar-refractivity contribution in [2.75, 3.05) is 46.2 Å². The first-order valence-electron chi connectivity index (χ1n) is 7.50. The molecule has 2 rings (SSSR count). The van der Waals surface area contributed by atoms with Gasteiger partial charge in [0.15, 0.2) is 0 Å². The molecule has 0 aliphatic heterocycles. The number of nitrogens with one attached hydrogen (secondary N) is 1. The van der Waals surface area contributed by atoms with Gasteiger partial charge in [0, 0.05) is 31.7 Å². The van der Waals surface area contributed by atoms with Gasteiger partial charge < -0.3 is 15.1 Å². The molecule has 0 saturated carbocycles. The molecule has 1 aromatic heterocycles. The number of aromatic nitrogens is 1. The first-order chi connectivity index (χ1) is 10.1. The minimum absolute atomic E-state index is 0.845. The molecule has 114 valence electrons. The maximum absolute atomic E-state index is 4.70. The SMILES string of the molecule is CNCc1cnc(N(C)CCCN(C)C)c2ccccc12. The second-order valence-corrected chi connectivity index (χ2v) is 5.76. The Morgan fingerprint density at radius 3 is 2.43 bits per heavy atom. The summed E-state index contributed by atoms with van der Waals surface area (Å²) in [5.74, 6) is 1.07. The monoisotopic (exact) mass is 286 g/mol. The number of benzene rings is 1. The van der Waals surface area contributed by atoms with Gasteiger partial charge in [-0.1, -0.05) is 24.3 Å². The van der Waals surface area contributed by atoms with Crippen LogP contribution in [0.2, 0.25) is 0 Å². The van der Waals surface area contributed by atoms with E-state index in [-0.39, 0.29) is 0 Å². The van der Waals surface area contributed by atoms with E-state index < -0.39 is 0 Å². The van der Waals surface area contributed by atoms with Crippen LogP contribution in [0, 0.1) is 0 Å². The number of anilines is 1. The van der Waals surface area contributed by atoms with E-state index in [0.717, 1.165) is 31.9 Å². The summed E-state index contributed by atoms with van der Waals surface area (Å²) < 4.78 is 0. The number of hydrogen-bond acceptors (Lipinski definition) is 4. The molecule has 0 spiro atoms. The minimum atomic E-state index is 0.845. The number of fused-ring (bicyclic) bond motifs is 1. The fraction of sp³-hybridized carbons (Fsp3) is 0.471. The molecule has 4 nitrogen and oxygen atoms in total. The van der Waals surface area contributed by atoms with E-state index in [2.05, 4.69) is 60.5 Å². The lowest BCUT2D eigenvalue weighted by molar-refractivity contribution is 0.401. The Balaban J connectivity index is 2.25. The van der Waals surface area contributed by atoms with Crippen LogP contribution >= 0.6 is 0 Å². The maximum atomic E-state index is 4.70. The topological polar surface area (TPSA) is 31.4 Å². The molecular formula is C17H26N4. The molecule has 1 N–H and O–H groups in total. The molecule has 0 fully saturated rings. The van der Waals surface area contributed by atoms with Crippen molar-refractivity contribution in [2.45, 2.75) is 13.0 Å². The summed E-state index contributed by atoms with van der Waals surface area (Å²) in [4.78, 5) is 9.17. The first kappa shape index (κ1) is 15.7. The van der Waals surface area contributed by atoms with Gasteiger partial charge in [-0.2, -0.15) is 0 Å². The normalized spacial score (nSPS) is 11.3. The van der Waals surface area contributed by atoms with Crippen molar-refractivity contribution in [1.82, 2.24) is 15.2 Å². The molecule has 0 atom stereocenters. The first-order valence-corrected chi connectivity index (χ1v) is 7.50. The number of hydrogen-bond donors (Lipinski definition) is 1. The highest BCUT2D eigenvalue weighted by Crippen LogP contribution is 2.26. The van der Waals surface area contributed by atoms with Gasteiger partial charge in [0.05, 0.1) is 0 Å². The third kappa shape index (κ3) is 3.93. The van der Waals surface area contributed by atoms with Crippen molar-refractivity contribution in [3.63, 3.8) is 0 Å². The fourth-order valence-electron chi connectivity index (χ4n) is 2.60. The van der Waals surface area contributed by atoms with Crippen LogP contribution in [-0.4, -0.2) is 51.2 Å². The molecule has 0 aliphatic carbocycles. The third-order valence-corrected chi connectivity index (χ3v) is 3.68. The lowest BCUT2D eigenvalue weighted by atomic mass is 10.1. The fourth-order valence-corrected chi connectivity index (χ4v) is 2.60. The van der Waals surface area contributed by atoms with E-state index in [9.17, 15) is 0 Å². The third-order valence-electron chi connectivity index (χ3n) is 3.68. The molecule has 0 amide bonds. The van der Waals surface area contributed by atoms with Crippen molar-refractivity contribution in [1.29, 1.82) is 0 Å². The zero-order chi connectivity index (χ0) is 15.2. The van der Waals surface area contributed by atoms with Gasteiger partial charge in [0.1, 0.15) is 5.82 Å². The molecule has 1 aromatic carbocycles. The zero-order valence-electron chi connectivity index (χ0n) is 13.6. The van der Waals surface area contributed by atoms with Crippen molar-refractivity contribution in [2.24, 2.45) is 0 Å². The summed E-state index contributed by atoms with van der Waals surface area (Å²) >= 11 is 0. The highest BCUT2D eigenvalue weighted by Gasteiger charge is 2.10. The molecule has 4 heteroatoms. The van der Waals surface area contributed by atoms with Crippen LogP contribution in [0.3, 0.4) is 0 Å². The van der Waals surface area contributed by atoms with Crippen LogP contribution in [0.1, 0.15) is 12.0 Å². The molecule has 2 aromatic rings. The lowest BCUT2D eigenvalue weighted by Gasteiger charge is -2.22. The zero-order valence-corrected chi connectivity index (χ0v) is 13.6. The van der Waals surface area contributed by atoms with E-state index in [4.69, 9.17) is 4.98 Å². The van der Waals surface area contributed by atoms with Gasteiger partial charge in [-0.3, -0.25) is 0 Å². The second kappa shape index (κ2) is 7.38. The lowest BCUT2D eigenvalue weighted by Crippen LogP contribution is -2.24. The molecule has 0 bridgehead atoms. The van der Waals surface area contributed by atoms with Gasteiger partial charge in [-0.15, -0.1) is 0 Å².